The Balaban J connectivity index is 2.14. The second-order valence-electron chi connectivity index (χ2n) is 4.84. The molecule has 17 heavy (non-hydrogen) atoms. The molecular weight excluding hydrogens is 232 g/mol. The average molecular weight is 247 g/mol. The molecule has 88 valence electrons. The molecule has 2 aromatic rings. The number of nitrogens with zero attached hydrogens (tertiary/aromatic N) is 1. The molecule has 1 aliphatic rings. The second-order valence-corrected chi connectivity index (χ2v) is 5.20. The highest BCUT2D eigenvalue weighted by molar-refractivity contribution is 6.30. The molecule has 0 atom stereocenters. The van der Waals surface area contributed by atoms with Crippen LogP contribution in [0.5, 0.6) is 0 Å². The van der Waals surface area contributed by atoms with Crippen LogP contribution in [0.2, 0.25) is 5.15 Å². The largest absolute Gasteiger partial charge is 0.330 e. The zero-order chi connectivity index (χ0) is 11.9. The van der Waals surface area contributed by atoms with E-state index in [0.717, 1.165) is 17.3 Å². The number of benzene rings is 1. The Morgan fingerprint density at radius 3 is 2.76 bits per heavy atom. The monoisotopic (exact) mass is 246 g/mol. The molecule has 0 spiro atoms. The van der Waals surface area contributed by atoms with Crippen molar-refractivity contribution in [2.24, 2.45) is 5.73 Å². The summed E-state index contributed by atoms with van der Waals surface area (Å²) < 4.78 is 0. The van der Waals surface area contributed by atoms with Crippen molar-refractivity contribution in [3.05, 3.63) is 41.0 Å². The van der Waals surface area contributed by atoms with Crippen molar-refractivity contribution in [2.45, 2.75) is 24.7 Å². The molecule has 0 radical (unpaired) electrons. The lowest BCUT2D eigenvalue weighted by atomic mass is 9.93. The van der Waals surface area contributed by atoms with Gasteiger partial charge in [0.2, 0.25) is 0 Å². The van der Waals surface area contributed by atoms with Gasteiger partial charge in [-0.15, -0.1) is 0 Å². The van der Waals surface area contributed by atoms with Crippen LogP contribution >= 0.6 is 11.6 Å². The Morgan fingerprint density at radius 1 is 1.29 bits per heavy atom. The lowest BCUT2D eigenvalue weighted by Gasteiger charge is -2.16. The Bertz CT molecular complexity index is 561. The van der Waals surface area contributed by atoms with Gasteiger partial charge in [-0.3, -0.25) is 0 Å². The minimum Gasteiger partial charge on any atom is -0.330 e. The van der Waals surface area contributed by atoms with Crippen molar-refractivity contribution in [3.8, 4) is 0 Å². The highest BCUT2D eigenvalue weighted by atomic mass is 35.5. The maximum atomic E-state index is 6.31. The van der Waals surface area contributed by atoms with Crippen LogP contribution in [0.25, 0.3) is 10.9 Å². The van der Waals surface area contributed by atoms with E-state index in [1.807, 2.05) is 18.2 Å². The summed E-state index contributed by atoms with van der Waals surface area (Å²) in [7, 11) is 0. The molecule has 3 rings (SSSR count). The van der Waals surface area contributed by atoms with Crippen LogP contribution in [0.3, 0.4) is 0 Å². The van der Waals surface area contributed by atoms with Crippen molar-refractivity contribution < 1.29 is 0 Å². The lowest BCUT2D eigenvalue weighted by Crippen LogP contribution is -2.14. The van der Waals surface area contributed by atoms with Gasteiger partial charge in [0, 0.05) is 5.39 Å². The Morgan fingerprint density at radius 2 is 2.06 bits per heavy atom. The van der Waals surface area contributed by atoms with Gasteiger partial charge in [0.25, 0.3) is 0 Å². The molecule has 1 heterocycles. The summed E-state index contributed by atoms with van der Waals surface area (Å²) in [5, 5.41) is 1.81. The maximum absolute atomic E-state index is 6.31. The normalized spacial score (nSPS) is 17.3. The first-order valence-corrected chi connectivity index (χ1v) is 6.39. The molecule has 2 N–H and O–H groups in total. The molecule has 0 saturated heterocycles. The lowest BCUT2D eigenvalue weighted by molar-refractivity contribution is 0.628. The van der Waals surface area contributed by atoms with Crippen molar-refractivity contribution in [1.29, 1.82) is 0 Å². The number of halogens is 1. The minimum atomic E-state index is 0.211. The van der Waals surface area contributed by atoms with Gasteiger partial charge in [-0.25, -0.2) is 4.98 Å². The topological polar surface area (TPSA) is 38.9 Å². The molecule has 1 aliphatic carbocycles. The van der Waals surface area contributed by atoms with Gasteiger partial charge in [-0.1, -0.05) is 29.8 Å². The summed E-state index contributed by atoms with van der Waals surface area (Å²) in [6, 6.07) is 10.3. The van der Waals surface area contributed by atoms with Crippen LogP contribution in [0, 0.1) is 0 Å². The predicted octanol–water partition coefficient (Wildman–Crippen LogP) is 3.27. The van der Waals surface area contributed by atoms with Crippen molar-refractivity contribution >= 4 is 22.5 Å². The first kappa shape index (κ1) is 11.0. The van der Waals surface area contributed by atoms with Crippen molar-refractivity contribution in [3.63, 3.8) is 0 Å². The molecule has 3 heteroatoms. The standard InChI is InChI=1S/C14H15ClN2/c15-13-11(14(5-6-14)7-8-16)9-10-3-1-2-4-12(10)17-13/h1-4,9H,5-8,16H2. The van der Waals surface area contributed by atoms with Crippen LogP contribution < -0.4 is 5.73 Å². The van der Waals surface area contributed by atoms with E-state index in [9.17, 15) is 0 Å². The van der Waals surface area contributed by atoms with E-state index in [-0.39, 0.29) is 5.41 Å². The summed E-state index contributed by atoms with van der Waals surface area (Å²) in [6.45, 7) is 0.711. The molecular formula is C14H15ClN2. The fraction of sp³-hybridized carbons (Fsp3) is 0.357. The molecule has 1 fully saturated rings. The van der Waals surface area contributed by atoms with E-state index in [2.05, 4.69) is 17.1 Å². The van der Waals surface area contributed by atoms with Gasteiger partial charge in [0.15, 0.2) is 0 Å². The van der Waals surface area contributed by atoms with E-state index >= 15 is 0 Å². The summed E-state index contributed by atoms with van der Waals surface area (Å²) in [6.07, 6.45) is 3.38. The molecule has 2 nitrogen and oxygen atoms in total. The summed E-state index contributed by atoms with van der Waals surface area (Å²) in [5.41, 5.74) is 8.05. The first-order chi connectivity index (χ1) is 8.25. The average Bonchev–Trinajstić information content (AvgIpc) is 3.09. The van der Waals surface area contributed by atoms with E-state index in [4.69, 9.17) is 17.3 Å². The number of nitrogens with two attached hydrogens (primary N) is 1. The molecule has 1 aromatic heterocycles. The van der Waals surface area contributed by atoms with Crippen LogP contribution in [0.1, 0.15) is 24.8 Å². The van der Waals surface area contributed by atoms with Gasteiger partial charge in [0.05, 0.1) is 5.52 Å². The number of para-hydroxylation sites is 1. The molecule has 0 amide bonds. The molecule has 0 unspecified atom stereocenters. The van der Waals surface area contributed by atoms with Crippen molar-refractivity contribution in [1.82, 2.24) is 4.98 Å². The highest BCUT2D eigenvalue weighted by Gasteiger charge is 2.45. The summed E-state index contributed by atoms with van der Waals surface area (Å²) in [5.74, 6) is 0. The first-order valence-electron chi connectivity index (χ1n) is 6.01. The van der Waals surface area contributed by atoms with Crippen LogP contribution in [0.15, 0.2) is 30.3 Å². The van der Waals surface area contributed by atoms with Gasteiger partial charge < -0.3 is 5.73 Å². The quantitative estimate of drug-likeness (QED) is 0.845. The Kier molecular flexibility index (Phi) is 2.57. The second kappa shape index (κ2) is 3.97. The highest BCUT2D eigenvalue weighted by Crippen LogP contribution is 2.52. The zero-order valence-corrected chi connectivity index (χ0v) is 10.4. The minimum absolute atomic E-state index is 0.211. The van der Waals surface area contributed by atoms with E-state index < -0.39 is 0 Å². The van der Waals surface area contributed by atoms with Crippen LogP contribution in [-0.4, -0.2) is 11.5 Å². The van der Waals surface area contributed by atoms with E-state index in [0.29, 0.717) is 11.7 Å². The smallest absolute Gasteiger partial charge is 0.133 e. The predicted molar refractivity (Wildman–Crippen MR) is 71.3 cm³/mol. The third-order valence-corrected chi connectivity index (χ3v) is 4.01. The number of pyridine rings is 1. The van der Waals surface area contributed by atoms with Crippen molar-refractivity contribution in [2.75, 3.05) is 6.54 Å². The van der Waals surface area contributed by atoms with Gasteiger partial charge in [-0.05, 0) is 48.9 Å². The molecule has 0 bridgehead atoms. The molecule has 0 aliphatic heterocycles. The third kappa shape index (κ3) is 1.81. The number of fused-ring (bicyclic) bond motifs is 1. The summed E-state index contributed by atoms with van der Waals surface area (Å²) >= 11 is 6.31. The Hall–Kier alpha value is -1.12. The number of aromatic nitrogens is 1. The number of hydrogen-bond acceptors (Lipinski definition) is 2. The number of hydrogen-bond donors (Lipinski definition) is 1. The van der Waals surface area contributed by atoms with E-state index in [1.165, 1.54) is 18.4 Å². The Labute approximate surface area is 106 Å². The fourth-order valence-corrected chi connectivity index (χ4v) is 2.89. The van der Waals surface area contributed by atoms with Gasteiger partial charge in [0.1, 0.15) is 5.15 Å². The molecule has 1 aromatic carbocycles. The third-order valence-electron chi connectivity index (χ3n) is 3.73. The van der Waals surface area contributed by atoms with Crippen LogP contribution in [0.4, 0.5) is 0 Å². The number of rotatable bonds is 3. The SMILES string of the molecule is NCCC1(c2cc3ccccc3nc2Cl)CC1. The fourth-order valence-electron chi connectivity index (χ4n) is 2.55. The maximum Gasteiger partial charge on any atom is 0.133 e. The van der Waals surface area contributed by atoms with Gasteiger partial charge in [-0.2, -0.15) is 0 Å². The van der Waals surface area contributed by atoms with E-state index in [1.54, 1.807) is 0 Å². The van der Waals surface area contributed by atoms with Gasteiger partial charge >= 0.3 is 0 Å². The molecule has 1 saturated carbocycles. The summed E-state index contributed by atoms with van der Waals surface area (Å²) in [4.78, 5) is 4.49. The zero-order valence-electron chi connectivity index (χ0n) is 9.62. The van der Waals surface area contributed by atoms with Crippen LogP contribution in [-0.2, 0) is 5.41 Å².